The molecule has 0 heterocycles. The number of hydrogen-bond acceptors (Lipinski definition) is 2. The van der Waals surface area contributed by atoms with Gasteiger partial charge in [-0.1, -0.05) is 135 Å². The Hall–Kier alpha value is -1.73. The van der Waals surface area contributed by atoms with Gasteiger partial charge in [-0.15, -0.1) is 0 Å². The van der Waals surface area contributed by atoms with Crippen LogP contribution in [0.15, 0.2) is 58.5 Å². The number of aliphatic imine (C=N–C) groups is 2. The zero-order valence-electron chi connectivity index (χ0n) is 26.3. The van der Waals surface area contributed by atoms with Crippen LogP contribution in [0.5, 0.6) is 0 Å². The Labute approximate surface area is 257 Å². The molecule has 40 heavy (non-hydrogen) atoms. The first-order chi connectivity index (χ1) is 19.2. The van der Waals surface area contributed by atoms with Crippen LogP contribution in [-0.2, 0) is 29.3 Å². The monoisotopic (exact) mass is 588 g/mol. The molecule has 226 valence electrons. The van der Waals surface area contributed by atoms with E-state index in [9.17, 15) is 0 Å². The van der Waals surface area contributed by atoms with Gasteiger partial charge in [0, 0.05) is 16.5 Å². The number of nitrogens with zero attached hydrogens (tertiary/aromatic N) is 2. The molecule has 0 fully saturated rings. The zero-order chi connectivity index (χ0) is 28.0. The second kappa shape index (κ2) is 23.9. The van der Waals surface area contributed by atoms with Gasteiger partial charge in [0.15, 0.2) is 0 Å². The molecule has 2 aromatic rings. The van der Waals surface area contributed by atoms with Crippen LogP contribution in [0, 0.1) is 0 Å². The molecule has 0 aromatic heterocycles. The summed E-state index contributed by atoms with van der Waals surface area (Å²) < 4.78 is 0. The van der Waals surface area contributed by atoms with Gasteiger partial charge in [0.05, 0.1) is 22.8 Å². The topological polar surface area (TPSA) is 24.7 Å². The first kappa shape index (κ1) is 36.3. The third-order valence-corrected chi connectivity index (χ3v) is 7.78. The van der Waals surface area contributed by atoms with Crippen LogP contribution in [0.2, 0.25) is 0 Å². The largest absolute Gasteiger partial charge is 0.252 e. The average Bonchev–Trinajstić information content (AvgIpc) is 2.97. The second-order valence-corrected chi connectivity index (χ2v) is 11.3. The van der Waals surface area contributed by atoms with Crippen LogP contribution < -0.4 is 0 Å². The molecular formula is C37H58N2Ni. The van der Waals surface area contributed by atoms with Crippen LogP contribution in [0.1, 0.15) is 148 Å². The van der Waals surface area contributed by atoms with Crippen molar-refractivity contribution < 1.29 is 16.5 Å². The predicted octanol–water partition coefficient (Wildman–Crippen LogP) is 12.3. The molecule has 0 bridgehead atoms. The van der Waals surface area contributed by atoms with Gasteiger partial charge in [-0.3, -0.25) is 9.98 Å². The Bertz CT molecular complexity index is 962. The summed E-state index contributed by atoms with van der Waals surface area (Å²) in [6, 6.07) is 17.5. The molecule has 2 aromatic carbocycles. The zero-order valence-corrected chi connectivity index (χ0v) is 27.3. The molecule has 0 amide bonds. The van der Waals surface area contributed by atoms with Crippen molar-refractivity contribution >= 4 is 22.8 Å². The number of hydrogen-bond donors (Lipinski definition) is 0. The molecule has 0 radical (unpaired) electrons. The fraction of sp³-hybridized carbons (Fsp3) is 0.622. The predicted molar refractivity (Wildman–Crippen MR) is 176 cm³/mol. The molecule has 0 unspecified atom stereocenters. The van der Waals surface area contributed by atoms with Gasteiger partial charge < -0.3 is 0 Å². The molecule has 0 saturated heterocycles. The van der Waals surface area contributed by atoms with E-state index in [0.29, 0.717) is 0 Å². The standard InChI is InChI=1S/C37H58N2.Ni/c1-5-9-11-12-13-14-15-16-17-18-19-21-29-37(39-35-27-23-25-33(8-4)31-35)36(28-20-10-6-2)38-34-26-22-24-32(7-3)30-34;/h22-27,30-31H,5-21,28-29H2,1-4H3;/b38-36+,39-37+;. The summed E-state index contributed by atoms with van der Waals surface area (Å²) in [6.07, 6.45) is 24.2. The van der Waals surface area contributed by atoms with Crippen molar-refractivity contribution in [3.63, 3.8) is 0 Å². The third-order valence-electron chi connectivity index (χ3n) is 7.78. The van der Waals surface area contributed by atoms with Gasteiger partial charge >= 0.3 is 0 Å². The van der Waals surface area contributed by atoms with E-state index in [-0.39, 0.29) is 16.5 Å². The van der Waals surface area contributed by atoms with Crippen LogP contribution in [-0.4, -0.2) is 11.4 Å². The third kappa shape index (κ3) is 15.9. The minimum Gasteiger partial charge on any atom is -0.252 e. The number of rotatable bonds is 22. The minimum atomic E-state index is 0. The van der Waals surface area contributed by atoms with E-state index >= 15 is 0 Å². The molecule has 3 heteroatoms. The summed E-state index contributed by atoms with van der Waals surface area (Å²) in [5.74, 6) is 0. The van der Waals surface area contributed by atoms with Crippen LogP contribution in [0.25, 0.3) is 0 Å². The molecule has 0 N–H and O–H groups in total. The van der Waals surface area contributed by atoms with E-state index in [1.165, 1.54) is 119 Å². The van der Waals surface area contributed by atoms with E-state index in [2.05, 4.69) is 76.2 Å². The van der Waals surface area contributed by atoms with E-state index in [1.54, 1.807) is 0 Å². The Balaban J connectivity index is 0.00000800. The SMILES string of the molecule is CCCCCCCCCCCCCCC(=N\c1cccc(CC)c1)/C(CCCCC)=N/c1cccc(CC)c1.[Ni]. The number of benzene rings is 2. The fourth-order valence-corrected chi connectivity index (χ4v) is 5.21. The molecule has 0 saturated carbocycles. The van der Waals surface area contributed by atoms with Crippen molar-refractivity contribution in [3.05, 3.63) is 59.7 Å². The Kier molecular flexibility index (Phi) is 21.7. The first-order valence-electron chi connectivity index (χ1n) is 16.5. The van der Waals surface area contributed by atoms with Crippen LogP contribution in [0.4, 0.5) is 11.4 Å². The molecular weight excluding hydrogens is 531 g/mol. The van der Waals surface area contributed by atoms with E-state index in [4.69, 9.17) is 9.98 Å². The van der Waals surface area contributed by atoms with Crippen molar-refractivity contribution in [2.24, 2.45) is 9.98 Å². The van der Waals surface area contributed by atoms with Gasteiger partial charge in [-0.2, -0.15) is 0 Å². The summed E-state index contributed by atoms with van der Waals surface area (Å²) in [6.45, 7) is 9.00. The molecule has 0 aliphatic heterocycles. The normalized spacial score (nSPS) is 12.0. The van der Waals surface area contributed by atoms with Crippen LogP contribution >= 0.6 is 0 Å². The second-order valence-electron chi connectivity index (χ2n) is 11.3. The number of aryl methyl sites for hydroxylation is 2. The van der Waals surface area contributed by atoms with Gasteiger partial charge in [-0.25, -0.2) is 0 Å². The van der Waals surface area contributed by atoms with Gasteiger partial charge in [0.1, 0.15) is 0 Å². The summed E-state index contributed by atoms with van der Waals surface area (Å²) in [7, 11) is 0. The molecule has 2 nitrogen and oxygen atoms in total. The quantitative estimate of drug-likeness (QED) is 0.0742. The molecule has 0 aliphatic carbocycles. The fourth-order valence-electron chi connectivity index (χ4n) is 5.21. The van der Waals surface area contributed by atoms with Gasteiger partial charge in [0.2, 0.25) is 0 Å². The van der Waals surface area contributed by atoms with Crippen molar-refractivity contribution in [1.82, 2.24) is 0 Å². The Morgan fingerprint density at radius 1 is 0.475 bits per heavy atom. The summed E-state index contributed by atoms with van der Waals surface area (Å²) in [4.78, 5) is 10.5. The van der Waals surface area contributed by atoms with Crippen molar-refractivity contribution in [2.75, 3.05) is 0 Å². The van der Waals surface area contributed by atoms with Crippen molar-refractivity contribution in [2.45, 2.75) is 150 Å². The molecule has 0 aliphatic rings. The van der Waals surface area contributed by atoms with E-state index in [1.807, 2.05) is 0 Å². The summed E-state index contributed by atoms with van der Waals surface area (Å²) in [5, 5.41) is 0. The smallest absolute Gasteiger partial charge is 0.0636 e. The van der Waals surface area contributed by atoms with E-state index in [0.717, 1.165) is 37.1 Å². The molecule has 2 rings (SSSR count). The molecule has 0 atom stereocenters. The van der Waals surface area contributed by atoms with Gasteiger partial charge in [0.25, 0.3) is 0 Å². The summed E-state index contributed by atoms with van der Waals surface area (Å²) >= 11 is 0. The van der Waals surface area contributed by atoms with E-state index < -0.39 is 0 Å². The first-order valence-corrected chi connectivity index (χ1v) is 16.5. The summed E-state index contributed by atoms with van der Waals surface area (Å²) in [5.41, 5.74) is 7.25. The maximum Gasteiger partial charge on any atom is 0.0636 e. The minimum absolute atomic E-state index is 0. The molecule has 0 spiro atoms. The van der Waals surface area contributed by atoms with Crippen molar-refractivity contribution in [3.8, 4) is 0 Å². The van der Waals surface area contributed by atoms with Gasteiger partial charge in [-0.05, 0) is 73.9 Å². The maximum atomic E-state index is 5.26. The van der Waals surface area contributed by atoms with Crippen molar-refractivity contribution in [1.29, 1.82) is 0 Å². The Morgan fingerprint density at radius 2 is 0.825 bits per heavy atom. The maximum absolute atomic E-state index is 5.26. The Morgan fingerprint density at radius 3 is 1.23 bits per heavy atom. The average molecular weight is 590 g/mol. The van der Waals surface area contributed by atoms with Crippen LogP contribution in [0.3, 0.4) is 0 Å². The number of unbranched alkanes of at least 4 members (excludes halogenated alkanes) is 13.